The molecule has 1 unspecified atom stereocenters. The number of hydrogen-bond donors (Lipinski definition) is 2. The van der Waals surface area contributed by atoms with Gasteiger partial charge in [0.25, 0.3) is 5.91 Å². The third-order valence-corrected chi connectivity index (χ3v) is 4.73. The summed E-state index contributed by atoms with van der Waals surface area (Å²) in [5, 5.41) is 3.04. The number of amides is 1. The molecule has 1 amide bonds. The van der Waals surface area contributed by atoms with Crippen LogP contribution in [0.3, 0.4) is 0 Å². The quantitative estimate of drug-likeness (QED) is 0.762. The number of carbonyl (C=O) groups excluding carboxylic acids is 1. The Kier molecular flexibility index (Phi) is 5.53. The highest BCUT2D eigenvalue weighted by atomic mass is 79.9. The molecule has 3 rings (SSSR count). The van der Waals surface area contributed by atoms with Gasteiger partial charge in [0.05, 0.1) is 5.56 Å². The van der Waals surface area contributed by atoms with Crippen LogP contribution in [0.25, 0.3) is 0 Å². The van der Waals surface area contributed by atoms with Crippen molar-refractivity contribution in [2.24, 2.45) is 11.7 Å². The summed E-state index contributed by atoms with van der Waals surface area (Å²) in [7, 11) is 0. The standard InChI is InChI=1S/C19H21BrN2O2/c20-15-9-5-13(6-10-15)12-24-18-4-2-1-3-16(18)19(23)22-17(11-21)14-7-8-14/h1-6,9-10,14,17H,7-8,11-12,21H2,(H,22,23). The van der Waals surface area contributed by atoms with Crippen LogP contribution < -0.4 is 15.8 Å². The fourth-order valence-electron chi connectivity index (χ4n) is 2.64. The second-order valence-electron chi connectivity index (χ2n) is 6.06. The van der Waals surface area contributed by atoms with E-state index >= 15 is 0 Å². The highest BCUT2D eigenvalue weighted by Crippen LogP contribution is 2.32. The van der Waals surface area contributed by atoms with Gasteiger partial charge in [0, 0.05) is 17.1 Å². The minimum atomic E-state index is -0.122. The number of nitrogens with two attached hydrogens (primary N) is 1. The van der Waals surface area contributed by atoms with Crippen molar-refractivity contribution in [3.8, 4) is 5.75 Å². The van der Waals surface area contributed by atoms with Gasteiger partial charge in [-0.3, -0.25) is 4.79 Å². The van der Waals surface area contributed by atoms with Crippen LogP contribution in [-0.4, -0.2) is 18.5 Å². The zero-order chi connectivity index (χ0) is 16.9. The summed E-state index contributed by atoms with van der Waals surface area (Å²) in [6.07, 6.45) is 2.29. The Balaban J connectivity index is 1.67. The lowest BCUT2D eigenvalue weighted by atomic mass is 10.1. The maximum absolute atomic E-state index is 12.6. The average molecular weight is 389 g/mol. The van der Waals surface area contributed by atoms with Crippen molar-refractivity contribution >= 4 is 21.8 Å². The number of benzene rings is 2. The molecule has 2 aromatic rings. The first-order valence-electron chi connectivity index (χ1n) is 8.14. The lowest BCUT2D eigenvalue weighted by Crippen LogP contribution is -2.41. The van der Waals surface area contributed by atoms with E-state index in [4.69, 9.17) is 10.5 Å². The monoisotopic (exact) mass is 388 g/mol. The summed E-state index contributed by atoms with van der Waals surface area (Å²) in [4.78, 5) is 12.6. The summed E-state index contributed by atoms with van der Waals surface area (Å²) in [6, 6.07) is 15.3. The molecular weight excluding hydrogens is 368 g/mol. The van der Waals surface area contributed by atoms with Crippen LogP contribution >= 0.6 is 15.9 Å². The van der Waals surface area contributed by atoms with Crippen molar-refractivity contribution in [3.05, 3.63) is 64.1 Å². The van der Waals surface area contributed by atoms with Crippen molar-refractivity contribution in [3.63, 3.8) is 0 Å². The van der Waals surface area contributed by atoms with Crippen LogP contribution in [0.5, 0.6) is 5.75 Å². The van der Waals surface area contributed by atoms with Gasteiger partial charge in [0.15, 0.2) is 0 Å². The van der Waals surface area contributed by atoms with Gasteiger partial charge < -0.3 is 15.8 Å². The molecule has 0 spiro atoms. The smallest absolute Gasteiger partial charge is 0.255 e. The molecule has 1 aliphatic carbocycles. The third kappa shape index (κ3) is 4.36. The number of para-hydroxylation sites is 1. The molecule has 0 radical (unpaired) electrons. The molecular formula is C19H21BrN2O2. The molecule has 1 saturated carbocycles. The first-order valence-corrected chi connectivity index (χ1v) is 8.94. The topological polar surface area (TPSA) is 64.3 Å². The Morgan fingerprint density at radius 1 is 1.21 bits per heavy atom. The van der Waals surface area contributed by atoms with E-state index < -0.39 is 0 Å². The second-order valence-corrected chi connectivity index (χ2v) is 6.98. The van der Waals surface area contributed by atoms with E-state index in [9.17, 15) is 4.79 Å². The van der Waals surface area contributed by atoms with Gasteiger partial charge in [-0.05, 0) is 48.6 Å². The van der Waals surface area contributed by atoms with Crippen LogP contribution in [0.15, 0.2) is 53.0 Å². The van der Waals surface area contributed by atoms with Gasteiger partial charge in [-0.1, -0.05) is 40.2 Å². The van der Waals surface area contributed by atoms with Crippen molar-refractivity contribution in [1.82, 2.24) is 5.32 Å². The lowest BCUT2D eigenvalue weighted by Gasteiger charge is -2.17. The van der Waals surface area contributed by atoms with Gasteiger partial charge in [-0.25, -0.2) is 0 Å². The molecule has 0 bridgehead atoms. The third-order valence-electron chi connectivity index (χ3n) is 4.20. The second kappa shape index (κ2) is 7.81. The molecule has 2 aromatic carbocycles. The minimum absolute atomic E-state index is 0.0528. The van der Waals surface area contributed by atoms with E-state index in [0.717, 1.165) is 22.9 Å². The van der Waals surface area contributed by atoms with Crippen LogP contribution in [0, 0.1) is 5.92 Å². The Morgan fingerprint density at radius 2 is 1.92 bits per heavy atom. The normalized spacial score (nSPS) is 14.9. The fraction of sp³-hybridized carbons (Fsp3) is 0.316. The first kappa shape index (κ1) is 17.0. The number of hydrogen-bond acceptors (Lipinski definition) is 3. The number of rotatable bonds is 7. The Hall–Kier alpha value is -1.85. The van der Waals surface area contributed by atoms with E-state index in [1.165, 1.54) is 0 Å². The zero-order valence-electron chi connectivity index (χ0n) is 13.4. The predicted molar refractivity (Wildman–Crippen MR) is 97.9 cm³/mol. The van der Waals surface area contributed by atoms with Crippen LogP contribution in [-0.2, 0) is 6.61 Å². The Labute approximate surface area is 150 Å². The van der Waals surface area contributed by atoms with E-state index in [-0.39, 0.29) is 11.9 Å². The molecule has 5 heteroatoms. The molecule has 24 heavy (non-hydrogen) atoms. The molecule has 0 aromatic heterocycles. The molecule has 4 nitrogen and oxygen atoms in total. The average Bonchev–Trinajstić information content (AvgIpc) is 3.44. The van der Waals surface area contributed by atoms with E-state index in [1.54, 1.807) is 6.07 Å². The highest BCUT2D eigenvalue weighted by Gasteiger charge is 2.31. The van der Waals surface area contributed by atoms with Gasteiger partial charge in [-0.15, -0.1) is 0 Å². The molecule has 126 valence electrons. The minimum Gasteiger partial charge on any atom is -0.488 e. The van der Waals surface area contributed by atoms with Crippen LogP contribution in [0.2, 0.25) is 0 Å². The first-order chi connectivity index (χ1) is 11.7. The maximum atomic E-state index is 12.6. The van der Waals surface area contributed by atoms with E-state index in [1.807, 2.05) is 42.5 Å². The number of ether oxygens (including phenoxy) is 1. The number of nitrogens with one attached hydrogen (secondary N) is 1. The lowest BCUT2D eigenvalue weighted by molar-refractivity contribution is 0.0929. The fourth-order valence-corrected chi connectivity index (χ4v) is 2.90. The van der Waals surface area contributed by atoms with Crippen molar-refractivity contribution in [2.45, 2.75) is 25.5 Å². The summed E-state index contributed by atoms with van der Waals surface area (Å²) < 4.78 is 6.89. The van der Waals surface area contributed by atoms with E-state index in [2.05, 4.69) is 21.2 Å². The van der Waals surface area contributed by atoms with Crippen molar-refractivity contribution < 1.29 is 9.53 Å². The van der Waals surface area contributed by atoms with Crippen molar-refractivity contribution in [1.29, 1.82) is 0 Å². The summed E-state index contributed by atoms with van der Waals surface area (Å²) >= 11 is 3.41. The van der Waals surface area contributed by atoms with E-state index in [0.29, 0.717) is 30.4 Å². The molecule has 1 atom stereocenters. The molecule has 1 fully saturated rings. The molecule has 0 heterocycles. The summed E-state index contributed by atoms with van der Waals surface area (Å²) in [5.41, 5.74) is 7.37. The van der Waals surface area contributed by atoms with Gasteiger partial charge >= 0.3 is 0 Å². The molecule has 1 aliphatic rings. The predicted octanol–water partition coefficient (Wildman–Crippen LogP) is 3.50. The zero-order valence-corrected chi connectivity index (χ0v) is 15.0. The molecule has 3 N–H and O–H groups in total. The Bertz CT molecular complexity index is 699. The van der Waals surface area contributed by atoms with Gasteiger partial charge in [-0.2, -0.15) is 0 Å². The Morgan fingerprint density at radius 3 is 2.58 bits per heavy atom. The molecule has 0 aliphatic heterocycles. The summed E-state index contributed by atoms with van der Waals surface area (Å²) in [6.45, 7) is 0.888. The van der Waals surface area contributed by atoms with Crippen LogP contribution in [0.4, 0.5) is 0 Å². The SMILES string of the molecule is NCC(NC(=O)c1ccccc1OCc1ccc(Br)cc1)C1CC1. The number of carbonyl (C=O) groups is 1. The van der Waals surface area contributed by atoms with Gasteiger partial charge in [0.1, 0.15) is 12.4 Å². The van der Waals surface area contributed by atoms with Gasteiger partial charge in [0.2, 0.25) is 0 Å². The van der Waals surface area contributed by atoms with Crippen molar-refractivity contribution in [2.75, 3.05) is 6.54 Å². The largest absolute Gasteiger partial charge is 0.488 e. The summed E-state index contributed by atoms with van der Waals surface area (Å²) in [5.74, 6) is 0.989. The van der Waals surface area contributed by atoms with Crippen LogP contribution in [0.1, 0.15) is 28.8 Å². The molecule has 0 saturated heterocycles. The highest BCUT2D eigenvalue weighted by molar-refractivity contribution is 9.10. The maximum Gasteiger partial charge on any atom is 0.255 e. The number of halogens is 1.